The Bertz CT molecular complexity index is 816. The second-order valence-corrected chi connectivity index (χ2v) is 7.34. The monoisotopic (exact) mass is 384 g/mol. The van der Waals surface area contributed by atoms with Gasteiger partial charge in [0.25, 0.3) is 0 Å². The third kappa shape index (κ3) is 4.95. The zero-order chi connectivity index (χ0) is 20.1. The minimum atomic E-state index is -0.249. The summed E-state index contributed by atoms with van der Waals surface area (Å²) < 4.78 is 1.73. The highest BCUT2D eigenvalue weighted by Crippen LogP contribution is 2.21. The van der Waals surface area contributed by atoms with Crippen LogP contribution in [0.1, 0.15) is 24.6 Å². The number of piperidine rings is 1. The van der Waals surface area contributed by atoms with E-state index in [4.69, 9.17) is 0 Å². The van der Waals surface area contributed by atoms with E-state index >= 15 is 0 Å². The standard InChI is InChI=1S/C20H28N6O2/c1-4-26(13-15-8-23-25(3)12-15)20(28)17-7-16(9-21-10-17)19(27)24-18-6-5-14(2)22-11-18/h5-6,8,11-12,16-17,21H,4,7,9-10,13H2,1-3H3,(H,24,27)/t16-,17+/m0/s1. The molecule has 0 radical (unpaired) electrons. The molecular formula is C20H28N6O2. The van der Waals surface area contributed by atoms with Crippen LogP contribution in [0.15, 0.2) is 30.7 Å². The molecule has 0 spiro atoms. The highest BCUT2D eigenvalue weighted by atomic mass is 16.2. The van der Waals surface area contributed by atoms with Gasteiger partial charge < -0.3 is 15.5 Å². The molecule has 2 atom stereocenters. The highest BCUT2D eigenvalue weighted by Gasteiger charge is 2.33. The molecule has 2 N–H and O–H groups in total. The number of aryl methyl sites for hydroxylation is 2. The molecule has 0 unspecified atom stereocenters. The molecule has 0 aromatic carbocycles. The number of nitrogens with one attached hydrogen (secondary N) is 2. The Morgan fingerprint density at radius 1 is 1.29 bits per heavy atom. The lowest BCUT2D eigenvalue weighted by Gasteiger charge is -2.32. The van der Waals surface area contributed by atoms with Crippen LogP contribution in [0.3, 0.4) is 0 Å². The Hall–Kier alpha value is -2.74. The van der Waals surface area contributed by atoms with Gasteiger partial charge in [0.2, 0.25) is 11.8 Å². The summed E-state index contributed by atoms with van der Waals surface area (Å²) in [5, 5.41) is 10.3. The molecule has 2 aromatic rings. The summed E-state index contributed by atoms with van der Waals surface area (Å²) in [5.74, 6) is -0.460. The lowest BCUT2D eigenvalue weighted by Crippen LogP contribution is -2.48. The molecule has 2 aromatic heterocycles. The van der Waals surface area contributed by atoms with Gasteiger partial charge in [-0.25, -0.2) is 0 Å². The zero-order valence-electron chi connectivity index (χ0n) is 16.7. The first-order valence-electron chi connectivity index (χ1n) is 9.66. The smallest absolute Gasteiger partial charge is 0.228 e. The molecule has 1 aliphatic rings. The van der Waals surface area contributed by atoms with E-state index in [2.05, 4.69) is 20.7 Å². The van der Waals surface area contributed by atoms with Crippen molar-refractivity contribution in [1.82, 2.24) is 25.0 Å². The van der Waals surface area contributed by atoms with Crippen molar-refractivity contribution >= 4 is 17.5 Å². The summed E-state index contributed by atoms with van der Waals surface area (Å²) in [6.45, 7) is 6.19. The Kier molecular flexibility index (Phi) is 6.41. The number of anilines is 1. The molecule has 1 saturated heterocycles. The first-order valence-corrected chi connectivity index (χ1v) is 9.66. The summed E-state index contributed by atoms with van der Waals surface area (Å²) in [5.41, 5.74) is 2.58. The van der Waals surface area contributed by atoms with Gasteiger partial charge in [-0.2, -0.15) is 5.10 Å². The third-order valence-corrected chi connectivity index (χ3v) is 5.07. The van der Waals surface area contributed by atoms with Crippen LogP contribution < -0.4 is 10.6 Å². The number of hydrogen-bond donors (Lipinski definition) is 2. The average molecular weight is 384 g/mol. The van der Waals surface area contributed by atoms with Gasteiger partial charge in [-0.1, -0.05) is 0 Å². The minimum Gasteiger partial charge on any atom is -0.338 e. The molecule has 0 bridgehead atoms. The van der Waals surface area contributed by atoms with E-state index in [-0.39, 0.29) is 23.7 Å². The molecule has 8 heteroatoms. The van der Waals surface area contributed by atoms with E-state index in [9.17, 15) is 9.59 Å². The lowest BCUT2D eigenvalue weighted by molar-refractivity contribution is -0.137. The molecule has 2 amide bonds. The van der Waals surface area contributed by atoms with E-state index < -0.39 is 0 Å². The van der Waals surface area contributed by atoms with E-state index in [1.54, 1.807) is 17.1 Å². The number of carbonyl (C=O) groups is 2. The second kappa shape index (κ2) is 8.97. The van der Waals surface area contributed by atoms with Crippen LogP contribution in [0, 0.1) is 18.8 Å². The molecule has 0 saturated carbocycles. The molecule has 8 nitrogen and oxygen atoms in total. The van der Waals surface area contributed by atoms with Crippen molar-refractivity contribution in [2.24, 2.45) is 18.9 Å². The Labute approximate surface area is 165 Å². The maximum atomic E-state index is 13.0. The highest BCUT2D eigenvalue weighted by molar-refractivity contribution is 5.93. The van der Waals surface area contributed by atoms with Crippen LogP contribution in [0.4, 0.5) is 5.69 Å². The number of hydrogen-bond acceptors (Lipinski definition) is 5. The van der Waals surface area contributed by atoms with Crippen LogP contribution >= 0.6 is 0 Å². The second-order valence-electron chi connectivity index (χ2n) is 7.34. The predicted octanol–water partition coefficient (Wildman–Crippen LogP) is 1.34. The van der Waals surface area contributed by atoms with Gasteiger partial charge in [0.1, 0.15) is 0 Å². The van der Waals surface area contributed by atoms with Gasteiger partial charge in [0.05, 0.1) is 29.9 Å². The first-order chi connectivity index (χ1) is 13.5. The van der Waals surface area contributed by atoms with Gasteiger partial charge in [-0.3, -0.25) is 19.3 Å². The van der Waals surface area contributed by atoms with Crippen molar-refractivity contribution in [3.8, 4) is 0 Å². The van der Waals surface area contributed by atoms with E-state index in [0.29, 0.717) is 38.3 Å². The van der Waals surface area contributed by atoms with Gasteiger partial charge in [0.15, 0.2) is 0 Å². The molecule has 150 valence electrons. The lowest BCUT2D eigenvalue weighted by atomic mass is 9.88. The van der Waals surface area contributed by atoms with Crippen molar-refractivity contribution < 1.29 is 9.59 Å². The van der Waals surface area contributed by atoms with Crippen molar-refractivity contribution in [1.29, 1.82) is 0 Å². The van der Waals surface area contributed by atoms with Crippen LogP contribution in [0.5, 0.6) is 0 Å². The SMILES string of the molecule is CCN(Cc1cnn(C)c1)C(=O)[C@H]1CNC[C@@H](C(=O)Nc2ccc(C)nc2)C1. The molecule has 0 aliphatic carbocycles. The van der Waals surface area contributed by atoms with Gasteiger partial charge in [-0.15, -0.1) is 0 Å². The van der Waals surface area contributed by atoms with Gasteiger partial charge in [0, 0.05) is 50.7 Å². The van der Waals surface area contributed by atoms with Crippen LogP contribution in [0.25, 0.3) is 0 Å². The fraction of sp³-hybridized carbons (Fsp3) is 0.500. The Balaban J connectivity index is 1.60. The zero-order valence-corrected chi connectivity index (χ0v) is 16.7. The topological polar surface area (TPSA) is 92.2 Å². The van der Waals surface area contributed by atoms with E-state index in [0.717, 1.165) is 11.3 Å². The fourth-order valence-electron chi connectivity index (χ4n) is 3.49. The maximum absolute atomic E-state index is 13.0. The van der Waals surface area contributed by atoms with E-state index in [1.165, 1.54) is 0 Å². The minimum absolute atomic E-state index is 0.0772. The average Bonchev–Trinajstić information content (AvgIpc) is 3.12. The number of carbonyl (C=O) groups excluding carboxylic acids is 2. The van der Waals surface area contributed by atoms with Gasteiger partial charge >= 0.3 is 0 Å². The third-order valence-electron chi connectivity index (χ3n) is 5.07. The van der Waals surface area contributed by atoms with Crippen molar-refractivity contribution in [2.75, 3.05) is 25.0 Å². The normalized spacial score (nSPS) is 19.2. The first kappa shape index (κ1) is 20.0. The molecule has 3 heterocycles. The summed E-state index contributed by atoms with van der Waals surface area (Å²) in [7, 11) is 1.86. The summed E-state index contributed by atoms with van der Waals surface area (Å²) in [6.07, 6.45) is 5.89. The molecule has 3 rings (SSSR count). The number of aromatic nitrogens is 3. The van der Waals surface area contributed by atoms with Crippen LogP contribution in [-0.2, 0) is 23.2 Å². The van der Waals surface area contributed by atoms with E-state index in [1.807, 2.05) is 44.1 Å². The van der Waals surface area contributed by atoms with Crippen molar-refractivity contribution in [3.05, 3.63) is 42.0 Å². The molecule has 1 aliphatic heterocycles. The molecule has 28 heavy (non-hydrogen) atoms. The van der Waals surface area contributed by atoms with Crippen molar-refractivity contribution in [2.45, 2.75) is 26.8 Å². The quantitative estimate of drug-likeness (QED) is 0.784. The van der Waals surface area contributed by atoms with Crippen LogP contribution in [0.2, 0.25) is 0 Å². The number of amides is 2. The number of rotatable bonds is 6. The molecular weight excluding hydrogens is 356 g/mol. The fourth-order valence-corrected chi connectivity index (χ4v) is 3.49. The number of pyridine rings is 1. The molecule has 1 fully saturated rings. The van der Waals surface area contributed by atoms with Crippen molar-refractivity contribution in [3.63, 3.8) is 0 Å². The Morgan fingerprint density at radius 2 is 2.07 bits per heavy atom. The Morgan fingerprint density at radius 3 is 2.71 bits per heavy atom. The van der Waals surface area contributed by atoms with Crippen LogP contribution in [-0.4, -0.2) is 51.1 Å². The van der Waals surface area contributed by atoms with Gasteiger partial charge in [-0.05, 0) is 32.4 Å². The predicted molar refractivity (Wildman–Crippen MR) is 106 cm³/mol. The number of nitrogens with zero attached hydrogens (tertiary/aromatic N) is 4. The summed E-state index contributed by atoms with van der Waals surface area (Å²) >= 11 is 0. The largest absolute Gasteiger partial charge is 0.338 e. The summed E-state index contributed by atoms with van der Waals surface area (Å²) in [4.78, 5) is 31.7. The summed E-state index contributed by atoms with van der Waals surface area (Å²) in [6, 6.07) is 3.70. The maximum Gasteiger partial charge on any atom is 0.228 e.